The number of unbranched alkanes of at least 4 members (excludes halogenated alkanes) is 2. The molecule has 1 amide bonds. The second-order valence-electron chi connectivity index (χ2n) is 2.99. The molecule has 0 heterocycles. The highest BCUT2D eigenvalue weighted by molar-refractivity contribution is 5.92. The van der Waals surface area contributed by atoms with Crippen LogP contribution in [0.4, 0.5) is 0 Å². The van der Waals surface area contributed by atoms with Gasteiger partial charge in [0.2, 0.25) is 5.91 Å². The number of primary amides is 1. The Labute approximate surface area is 73.8 Å². The first-order valence-corrected chi connectivity index (χ1v) is 4.33. The molecule has 0 radical (unpaired) electrons. The number of carbonyl (C=O) groups excluding carboxylic acids is 1. The van der Waals surface area contributed by atoms with Crippen LogP contribution in [0.5, 0.6) is 0 Å². The summed E-state index contributed by atoms with van der Waals surface area (Å²) < 4.78 is 0. The standard InChI is InChI=1S/C9H18N2O/c1-3-4-5-6-8(10)7(2)9(11)12/h8H,2-6,10H2,1H3,(H2,11,12). The summed E-state index contributed by atoms with van der Waals surface area (Å²) in [6, 6.07) is -0.256. The SMILES string of the molecule is C=C(C(N)=O)C(N)CCCCC. The molecule has 0 aliphatic rings. The maximum absolute atomic E-state index is 10.6. The minimum absolute atomic E-state index is 0.256. The van der Waals surface area contributed by atoms with Gasteiger partial charge in [0, 0.05) is 11.6 Å². The summed E-state index contributed by atoms with van der Waals surface area (Å²) in [5.41, 5.74) is 11.0. The first-order chi connectivity index (χ1) is 5.59. The summed E-state index contributed by atoms with van der Waals surface area (Å²) >= 11 is 0. The lowest BCUT2D eigenvalue weighted by molar-refractivity contribution is -0.114. The monoisotopic (exact) mass is 170 g/mol. The van der Waals surface area contributed by atoms with E-state index in [0.29, 0.717) is 5.57 Å². The second kappa shape index (κ2) is 5.77. The zero-order chi connectivity index (χ0) is 9.56. The lowest BCUT2D eigenvalue weighted by atomic mass is 10.0. The van der Waals surface area contributed by atoms with Crippen LogP contribution in [0.15, 0.2) is 12.2 Å². The van der Waals surface area contributed by atoms with Gasteiger partial charge in [0.15, 0.2) is 0 Å². The Balaban J connectivity index is 3.64. The fourth-order valence-electron chi connectivity index (χ4n) is 0.971. The number of amides is 1. The van der Waals surface area contributed by atoms with Gasteiger partial charge in [0.05, 0.1) is 0 Å². The molecule has 0 spiro atoms. The molecular formula is C9H18N2O. The summed E-state index contributed by atoms with van der Waals surface area (Å²) in [5.74, 6) is -0.487. The van der Waals surface area contributed by atoms with E-state index in [1.165, 1.54) is 0 Å². The van der Waals surface area contributed by atoms with Gasteiger partial charge in [-0.1, -0.05) is 32.8 Å². The molecule has 1 atom stereocenters. The van der Waals surface area contributed by atoms with Crippen molar-refractivity contribution in [1.29, 1.82) is 0 Å². The molecule has 0 rings (SSSR count). The van der Waals surface area contributed by atoms with Crippen LogP contribution >= 0.6 is 0 Å². The third-order valence-corrected chi connectivity index (χ3v) is 1.88. The van der Waals surface area contributed by atoms with E-state index in [0.717, 1.165) is 25.7 Å². The molecule has 1 unspecified atom stereocenters. The Morgan fingerprint density at radius 3 is 2.50 bits per heavy atom. The van der Waals surface area contributed by atoms with Gasteiger partial charge < -0.3 is 11.5 Å². The number of rotatable bonds is 6. The molecule has 0 aromatic heterocycles. The lowest BCUT2D eigenvalue weighted by Gasteiger charge is -2.10. The minimum atomic E-state index is -0.487. The van der Waals surface area contributed by atoms with E-state index in [1.807, 2.05) is 0 Å². The van der Waals surface area contributed by atoms with Crippen molar-refractivity contribution in [2.45, 2.75) is 38.6 Å². The number of hydrogen-bond acceptors (Lipinski definition) is 2. The summed E-state index contributed by atoms with van der Waals surface area (Å²) in [7, 11) is 0. The van der Waals surface area contributed by atoms with E-state index in [2.05, 4.69) is 13.5 Å². The minimum Gasteiger partial charge on any atom is -0.366 e. The Hall–Kier alpha value is -0.830. The van der Waals surface area contributed by atoms with Gasteiger partial charge in [-0.2, -0.15) is 0 Å². The molecule has 0 aromatic carbocycles. The third kappa shape index (κ3) is 4.13. The molecule has 4 N–H and O–H groups in total. The lowest BCUT2D eigenvalue weighted by Crippen LogP contribution is -2.30. The summed E-state index contributed by atoms with van der Waals surface area (Å²) in [6.45, 7) is 5.65. The van der Waals surface area contributed by atoms with Gasteiger partial charge in [-0.3, -0.25) is 4.79 Å². The number of nitrogens with two attached hydrogens (primary N) is 2. The van der Waals surface area contributed by atoms with Gasteiger partial charge in [-0.25, -0.2) is 0 Å². The Morgan fingerprint density at radius 1 is 1.50 bits per heavy atom. The molecule has 0 fully saturated rings. The highest BCUT2D eigenvalue weighted by Crippen LogP contribution is 2.06. The molecule has 12 heavy (non-hydrogen) atoms. The highest BCUT2D eigenvalue weighted by Gasteiger charge is 2.10. The van der Waals surface area contributed by atoms with Gasteiger partial charge in [-0.05, 0) is 6.42 Å². The zero-order valence-corrected chi connectivity index (χ0v) is 7.68. The highest BCUT2D eigenvalue weighted by atomic mass is 16.1. The summed E-state index contributed by atoms with van der Waals surface area (Å²) in [5, 5.41) is 0. The molecule has 0 aromatic rings. The molecule has 3 nitrogen and oxygen atoms in total. The number of carbonyl (C=O) groups is 1. The largest absolute Gasteiger partial charge is 0.366 e. The topological polar surface area (TPSA) is 69.1 Å². The fourth-order valence-corrected chi connectivity index (χ4v) is 0.971. The zero-order valence-electron chi connectivity index (χ0n) is 7.68. The summed E-state index contributed by atoms with van der Waals surface area (Å²) in [4.78, 5) is 10.6. The van der Waals surface area contributed by atoms with Crippen LogP contribution in [0, 0.1) is 0 Å². The maximum Gasteiger partial charge on any atom is 0.245 e. The molecule has 3 heteroatoms. The first kappa shape index (κ1) is 11.2. The normalized spacial score (nSPS) is 12.5. The van der Waals surface area contributed by atoms with Crippen molar-refractivity contribution in [3.8, 4) is 0 Å². The van der Waals surface area contributed by atoms with E-state index in [1.54, 1.807) is 0 Å². The van der Waals surface area contributed by atoms with Crippen LogP contribution in [0.2, 0.25) is 0 Å². The molecule has 0 bridgehead atoms. The molecule has 0 saturated heterocycles. The van der Waals surface area contributed by atoms with Crippen molar-refractivity contribution in [3.05, 3.63) is 12.2 Å². The van der Waals surface area contributed by atoms with Gasteiger partial charge >= 0.3 is 0 Å². The van der Waals surface area contributed by atoms with Crippen molar-refractivity contribution in [1.82, 2.24) is 0 Å². The third-order valence-electron chi connectivity index (χ3n) is 1.88. The predicted octanol–water partition coefficient (Wildman–Crippen LogP) is 0.935. The average molecular weight is 170 g/mol. The Bertz CT molecular complexity index is 166. The van der Waals surface area contributed by atoms with Crippen LogP contribution in [0.1, 0.15) is 32.6 Å². The maximum atomic E-state index is 10.6. The van der Waals surface area contributed by atoms with Gasteiger partial charge in [0.1, 0.15) is 0 Å². The molecule has 70 valence electrons. The summed E-state index contributed by atoms with van der Waals surface area (Å²) in [6.07, 6.45) is 4.12. The number of hydrogen-bond donors (Lipinski definition) is 2. The predicted molar refractivity (Wildman–Crippen MR) is 50.5 cm³/mol. The Kier molecular flexibility index (Phi) is 5.37. The first-order valence-electron chi connectivity index (χ1n) is 4.33. The quantitative estimate of drug-likeness (QED) is 0.460. The van der Waals surface area contributed by atoms with Crippen molar-refractivity contribution in [2.75, 3.05) is 0 Å². The van der Waals surface area contributed by atoms with Gasteiger partial charge in [-0.15, -0.1) is 0 Å². The van der Waals surface area contributed by atoms with Crippen LogP contribution in [-0.2, 0) is 4.79 Å². The molecule has 0 aliphatic heterocycles. The second-order valence-corrected chi connectivity index (χ2v) is 2.99. The van der Waals surface area contributed by atoms with Gasteiger partial charge in [0.25, 0.3) is 0 Å². The average Bonchev–Trinajstić information content (AvgIpc) is 2.03. The van der Waals surface area contributed by atoms with Crippen LogP contribution in [0.3, 0.4) is 0 Å². The molecule has 0 saturated carbocycles. The van der Waals surface area contributed by atoms with E-state index in [4.69, 9.17) is 11.5 Å². The molecule has 0 aliphatic carbocycles. The van der Waals surface area contributed by atoms with Crippen LogP contribution in [0.25, 0.3) is 0 Å². The van der Waals surface area contributed by atoms with Crippen molar-refractivity contribution < 1.29 is 4.79 Å². The van der Waals surface area contributed by atoms with E-state index in [-0.39, 0.29) is 6.04 Å². The molecular weight excluding hydrogens is 152 g/mol. The van der Waals surface area contributed by atoms with Crippen molar-refractivity contribution in [2.24, 2.45) is 11.5 Å². The smallest absolute Gasteiger partial charge is 0.245 e. The van der Waals surface area contributed by atoms with Crippen LogP contribution in [-0.4, -0.2) is 11.9 Å². The van der Waals surface area contributed by atoms with E-state index < -0.39 is 5.91 Å². The van der Waals surface area contributed by atoms with Crippen LogP contribution < -0.4 is 11.5 Å². The Morgan fingerprint density at radius 2 is 2.08 bits per heavy atom. The fraction of sp³-hybridized carbons (Fsp3) is 0.667. The van der Waals surface area contributed by atoms with Crippen molar-refractivity contribution in [3.63, 3.8) is 0 Å². The van der Waals surface area contributed by atoms with Crippen molar-refractivity contribution >= 4 is 5.91 Å². The van der Waals surface area contributed by atoms with E-state index in [9.17, 15) is 4.79 Å². The van der Waals surface area contributed by atoms with E-state index >= 15 is 0 Å².